The molecule has 3 N–H and O–H groups in total. The molecule has 3 rings (SSSR count). The van der Waals surface area contributed by atoms with Crippen LogP contribution in [0.4, 0.5) is 0 Å². The third kappa shape index (κ3) is 5.38. The summed E-state index contributed by atoms with van der Waals surface area (Å²) in [6.45, 7) is 3.63. The maximum atomic E-state index is 9.10. The van der Waals surface area contributed by atoms with Crippen molar-refractivity contribution in [2.45, 2.75) is 38.6 Å². The molecule has 6 heteroatoms. The van der Waals surface area contributed by atoms with Gasteiger partial charge in [0, 0.05) is 23.6 Å². The van der Waals surface area contributed by atoms with Gasteiger partial charge in [-0.25, -0.2) is 9.59 Å². The standard InChI is InChI=1S/C16H22N2.C2H2O4/c1-2-6-10-18(11-7-3-1)13-14-12-17-16-9-5-4-8-15(14)16;3-1(4)2(5)6/h4-5,8-9,12,17H,1-3,6-7,10-11,13H2;(H,3,4)(H,5,6). The van der Waals surface area contributed by atoms with Gasteiger partial charge in [0.1, 0.15) is 0 Å². The molecule has 0 radical (unpaired) electrons. The number of hydrogen-bond acceptors (Lipinski definition) is 3. The molecule has 130 valence electrons. The van der Waals surface area contributed by atoms with Gasteiger partial charge in [-0.05, 0) is 37.6 Å². The third-order valence-electron chi connectivity index (χ3n) is 4.20. The van der Waals surface area contributed by atoms with Crippen LogP contribution in [0.5, 0.6) is 0 Å². The van der Waals surface area contributed by atoms with Crippen LogP contribution in [-0.2, 0) is 16.1 Å². The minimum Gasteiger partial charge on any atom is -0.473 e. The predicted molar refractivity (Wildman–Crippen MR) is 91.9 cm³/mol. The summed E-state index contributed by atoms with van der Waals surface area (Å²) in [6, 6.07) is 8.61. The summed E-state index contributed by atoms with van der Waals surface area (Å²) >= 11 is 0. The van der Waals surface area contributed by atoms with Gasteiger partial charge in [-0.1, -0.05) is 37.5 Å². The number of H-pyrrole nitrogens is 1. The molecule has 1 aliphatic heterocycles. The maximum absolute atomic E-state index is 9.10. The number of nitrogens with one attached hydrogen (secondary N) is 1. The Kier molecular flexibility index (Phi) is 6.81. The molecular weight excluding hydrogens is 308 g/mol. The van der Waals surface area contributed by atoms with Crippen LogP contribution >= 0.6 is 0 Å². The second-order valence-electron chi connectivity index (χ2n) is 6.01. The first-order valence-electron chi connectivity index (χ1n) is 8.31. The first-order valence-corrected chi connectivity index (χ1v) is 8.31. The second-order valence-corrected chi connectivity index (χ2v) is 6.01. The monoisotopic (exact) mass is 332 g/mol. The number of nitrogens with zero attached hydrogens (tertiary/aromatic N) is 1. The number of para-hydroxylation sites is 1. The van der Waals surface area contributed by atoms with Crippen molar-refractivity contribution in [2.24, 2.45) is 0 Å². The van der Waals surface area contributed by atoms with E-state index < -0.39 is 11.9 Å². The van der Waals surface area contributed by atoms with Crippen LogP contribution in [0.15, 0.2) is 30.5 Å². The molecule has 2 aromatic rings. The van der Waals surface area contributed by atoms with Gasteiger partial charge in [0.2, 0.25) is 0 Å². The molecule has 1 aromatic carbocycles. The Balaban J connectivity index is 0.000000301. The van der Waals surface area contributed by atoms with Crippen molar-refractivity contribution in [3.63, 3.8) is 0 Å². The number of benzene rings is 1. The van der Waals surface area contributed by atoms with E-state index in [2.05, 4.69) is 40.3 Å². The molecule has 0 aliphatic carbocycles. The molecule has 0 saturated carbocycles. The number of aromatic amines is 1. The minimum atomic E-state index is -1.82. The Morgan fingerprint density at radius 2 is 1.54 bits per heavy atom. The highest BCUT2D eigenvalue weighted by molar-refractivity contribution is 6.27. The van der Waals surface area contributed by atoms with E-state index in [-0.39, 0.29) is 0 Å². The highest BCUT2D eigenvalue weighted by atomic mass is 16.4. The lowest BCUT2D eigenvalue weighted by Gasteiger charge is -2.24. The Hall–Kier alpha value is -2.34. The van der Waals surface area contributed by atoms with Gasteiger partial charge < -0.3 is 15.2 Å². The second kappa shape index (κ2) is 9.08. The minimum absolute atomic E-state index is 1.10. The quantitative estimate of drug-likeness (QED) is 0.735. The van der Waals surface area contributed by atoms with Gasteiger partial charge >= 0.3 is 11.9 Å². The van der Waals surface area contributed by atoms with E-state index in [0.29, 0.717) is 0 Å². The molecule has 24 heavy (non-hydrogen) atoms. The highest BCUT2D eigenvalue weighted by Gasteiger charge is 2.11. The number of likely N-dealkylation sites (tertiary alicyclic amines) is 1. The van der Waals surface area contributed by atoms with Gasteiger partial charge in [0.15, 0.2) is 0 Å². The number of carboxylic acids is 2. The maximum Gasteiger partial charge on any atom is 0.414 e. The Morgan fingerprint density at radius 3 is 2.17 bits per heavy atom. The van der Waals surface area contributed by atoms with E-state index in [9.17, 15) is 0 Å². The SMILES string of the molecule is O=C(O)C(=O)O.c1ccc2c(CN3CCCCCCC3)c[nH]c2c1. The zero-order chi connectivity index (χ0) is 17.4. The molecule has 1 aromatic heterocycles. The number of carbonyl (C=O) groups is 2. The lowest BCUT2D eigenvalue weighted by atomic mass is 10.1. The normalized spacial score (nSPS) is 15.8. The summed E-state index contributed by atoms with van der Waals surface area (Å²) in [5, 5.41) is 16.2. The number of rotatable bonds is 2. The van der Waals surface area contributed by atoms with Crippen LogP contribution in [0.3, 0.4) is 0 Å². The van der Waals surface area contributed by atoms with Crippen molar-refractivity contribution in [2.75, 3.05) is 13.1 Å². The zero-order valence-corrected chi connectivity index (χ0v) is 13.7. The van der Waals surface area contributed by atoms with E-state index in [1.807, 2.05) is 0 Å². The van der Waals surface area contributed by atoms with Crippen molar-refractivity contribution in [3.05, 3.63) is 36.0 Å². The van der Waals surface area contributed by atoms with Gasteiger partial charge in [-0.2, -0.15) is 0 Å². The Morgan fingerprint density at radius 1 is 0.958 bits per heavy atom. The van der Waals surface area contributed by atoms with Crippen LogP contribution in [0.1, 0.15) is 37.7 Å². The summed E-state index contributed by atoms with van der Waals surface area (Å²) in [4.78, 5) is 24.2. The van der Waals surface area contributed by atoms with Crippen molar-refractivity contribution < 1.29 is 19.8 Å². The van der Waals surface area contributed by atoms with Gasteiger partial charge in [0.25, 0.3) is 0 Å². The molecule has 1 fully saturated rings. The summed E-state index contributed by atoms with van der Waals surface area (Å²) in [5.74, 6) is -3.65. The molecule has 0 amide bonds. The fraction of sp³-hybridized carbons (Fsp3) is 0.444. The number of hydrogen-bond donors (Lipinski definition) is 3. The fourth-order valence-corrected chi connectivity index (χ4v) is 2.97. The van der Waals surface area contributed by atoms with E-state index >= 15 is 0 Å². The third-order valence-corrected chi connectivity index (χ3v) is 4.20. The van der Waals surface area contributed by atoms with Crippen molar-refractivity contribution >= 4 is 22.8 Å². The van der Waals surface area contributed by atoms with Gasteiger partial charge in [-0.15, -0.1) is 0 Å². The van der Waals surface area contributed by atoms with Crippen molar-refractivity contribution in [1.29, 1.82) is 0 Å². The smallest absolute Gasteiger partial charge is 0.414 e. The number of aromatic nitrogens is 1. The average molecular weight is 332 g/mol. The fourth-order valence-electron chi connectivity index (χ4n) is 2.97. The van der Waals surface area contributed by atoms with Crippen LogP contribution in [0.25, 0.3) is 10.9 Å². The van der Waals surface area contributed by atoms with Crippen LogP contribution in [0, 0.1) is 0 Å². The van der Waals surface area contributed by atoms with Crippen LogP contribution in [-0.4, -0.2) is 45.1 Å². The van der Waals surface area contributed by atoms with E-state index in [1.54, 1.807) is 0 Å². The molecule has 1 saturated heterocycles. The molecule has 2 heterocycles. The Labute approximate surface area is 141 Å². The molecule has 1 aliphatic rings. The molecular formula is C18H24N2O4. The van der Waals surface area contributed by atoms with Gasteiger partial charge in [-0.3, -0.25) is 4.90 Å². The van der Waals surface area contributed by atoms with E-state index in [1.165, 1.54) is 61.7 Å². The largest absolute Gasteiger partial charge is 0.473 e. The first kappa shape index (κ1) is 18.0. The van der Waals surface area contributed by atoms with Gasteiger partial charge in [0.05, 0.1) is 0 Å². The van der Waals surface area contributed by atoms with Crippen LogP contribution < -0.4 is 0 Å². The lowest BCUT2D eigenvalue weighted by Crippen LogP contribution is -2.26. The molecule has 0 atom stereocenters. The molecule has 0 bridgehead atoms. The molecule has 0 spiro atoms. The highest BCUT2D eigenvalue weighted by Crippen LogP contribution is 2.20. The molecule has 6 nitrogen and oxygen atoms in total. The Bertz CT molecular complexity index is 660. The summed E-state index contributed by atoms with van der Waals surface area (Å²) in [6.07, 6.45) is 9.16. The summed E-state index contributed by atoms with van der Waals surface area (Å²) in [5.41, 5.74) is 2.71. The first-order chi connectivity index (χ1) is 11.6. The molecule has 0 unspecified atom stereocenters. The topological polar surface area (TPSA) is 93.6 Å². The van der Waals surface area contributed by atoms with E-state index in [4.69, 9.17) is 19.8 Å². The van der Waals surface area contributed by atoms with Crippen molar-refractivity contribution in [3.8, 4) is 0 Å². The predicted octanol–water partition coefficient (Wildman–Crippen LogP) is 3.09. The zero-order valence-electron chi connectivity index (χ0n) is 13.7. The summed E-state index contributed by atoms with van der Waals surface area (Å²) in [7, 11) is 0. The number of carboxylic acid groups (broad SMARTS) is 2. The summed E-state index contributed by atoms with van der Waals surface area (Å²) < 4.78 is 0. The number of aliphatic carboxylic acids is 2. The number of fused-ring (bicyclic) bond motifs is 1. The van der Waals surface area contributed by atoms with E-state index in [0.717, 1.165) is 6.54 Å². The average Bonchev–Trinajstić information content (AvgIpc) is 2.93. The van der Waals surface area contributed by atoms with Crippen molar-refractivity contribution in [1.82, 2.24) is 9.88 Å². The van der Waals surface area contributed by atoms with Crippen LogP contribution in [0.2, 0.25) is 0 Å². The lowest BCUT2D eigenvalue weighted by molar-refractivity contribution is -0.159.